The van der Waals surface area contributed by atoms with Crippen LogP contribution in [-0.4, -0.2) is 5.97 Å². The highest BCUT2D eigenvalue weighted by Gasteiger charge is 2.34. The van der Waals surface area contributed by atoms with E-state index in [1.165, 1.54) is 107 Å². The molecular weight excluding hydrogens is 428 g/mol. The quantitative estimate of drug-likeness (QED) is 0.259. The Labute approximate surface area is 216 Å². The van der Waals surface area contributed by atoms with Gasteiger partial charge in [0.25, 0.3) is 0 Å². The second kappa shape index (κ2) is 13.3. The van der Waals surface area contributed by atoms with Crippen molar-refractivity contribution in [2.75, 3.05) is 0 Å². The van der Waals surface area contributed by atoms with E-state index >= 15 is 0 Å². The molecule has 196 valence electrons. The van der Waals surface area contributed by atoms with Crippen LogP contribution >= 0.6 is 0 Å². The lowest BCUT2D eigenvalue weighted by molar-refractivity contribution is -0.140. The fourth-order valence-electron chi connectivity index (χ4n) is 7.67. The third kappa shape index (κ3) is 7.14. The average molecular weight is 481 g/mol. The van der Waals surface area contributed by atoms with Crippen molar-refractivity contribution < 1.29 is 9.53 Å². The SMILES string of the molecule is CCCC(C)c1ccc(OC(=O)[C@H]2CC[C@H]([C@H]3CC[C@H](CCC)CC3)CC2)c(C2CCCCC2)c1. The summed E-state index contributed by atoms with van der Waals surface area (Å²) in [5, 5.41) is 0. The van der Waals surface area contributed by atoms with Crippen molar-refractivity contribution >= 4 is 5.97 Å². The first-order chi connectivity index (χ1) is 17.1. The molecule has 35 heavy (non-hydrogen) atoms. The molecule has 4 rings (SSSR count). The van der Waals surface area contributed by atoms with Gasteiger partial charge in [0.15, 0.2) is 0 Å². The number of carbonyl (C=O) groups excluding carboxylic acids is 1. The minimum Gasteiger partial charge on any atom is -0.426 e. The molecule has 0 spiro atoms. The van der Waals surface area contributed by atoms with E-state index < -0.39 is 0 Å². The third-order valence-electron chi connectivity index (χ3n) is 9.94. The third-order valence-corrected chi connectivity index (χ3v) is 9.94. The number of carbonyl (C=O) groups is 1. The van der Waals surface area contributed by atoms with Crippen LogP contribution in [0, 0.1) is 23.7 Å². The Morgan fingerprint density at radius 1 is 0.857 bits per heavy atom. The smallest absolute Gasteiger partial charge is 0.314 e. The van der Waals surface area contributed by atoms with Gasteiger partial charge in [-0.2, -0.15) is 0 Å². The van der Waals surface area contributed by atoms with Crippen molar-refractivity contribution in [1.29, 1.82) is 0 Å². The number of hydrogen-bond donors (Lipinski definition) is 0. The van der Waals surface area contributed by atoms with Gasteiger partial charge in [0.05, 0.1) is 5.92 Å². The molecular formula is C33H52O2. The van der Waals surface area contributed by atoms with Gasteiger partial charge in [0, 0.05) is 0 Å². The predicted molar refractivity (Wildman–Crippen MR) is 147 cm³/mol. The van der Waals surface area contributed by atoms with Crippen LogP contribution in [0.3, 0.4) is 0 Å². The number of ether oxygens (including phenoxy) is 1. The molecule has 1 aromatic carbocycles. The summed E-state index contributed by atoms with van der Waals surface area (Å²) in [6, 6.07) is 6.75. The van der Waals surface area contributed by atoms with Crippen LogP contribution in [0.4, 0.5) is 0 Å². The topological polar surface area (TPSA) is 26.3 Å². The van der Waals surface area contributed by atoms with E-state index in [0.29, 0.717) is 11.8 Å². The molecule has 1 aromatic rings. The molecule has 0 amide bonds. The van der Waals surface area contributed by atoms with Crippen molar-refractivity contribution in [3.63, 3.8) is 0 Å². The summed E-state index contributed by atoms with van der Waals surface area (Å²) >= 11 is 0. The molecule has 1 atom stereocenters. The Kier molecular flexibility index (Phi) is 10.2. The Hall–Kier alpha value is -1.31. The minimum atomic E-state index is 0.0431. The van der Waals surface area contributed by atoms with E-state index in [-0.39, 0.29) is 11.9 Å². The Morgan fingerprint density at radius 2 is 1.51 bits per heavy atom. The molecule has 2 heteroatoms. The lowest BCUT2D eigenvalue weighted by Crippen LogP contribution is -2.30. The first-order valence-electron chi connectivity index (χ1n) is 15.4. The largest absolute Gasteiger partial charge is 0.426 e. The molecule has 3 aliphatic rings. The summed E-state index contributed by atoms with van der Waals surface area (Å²) in [7, 11) is 0. The van der Waals surface area contributed by atoms with Crippen molar-refractivity contribution in [3.05, 3.63) is 29.3 Å². The highest BCUT2D eigenvalue weighted by Crippen LogP contribution is 2.43. The molecule has 0 saturated heterocycles. The molecule has 0 aromatic heterocycles. The van der Waals surface area contributed by atoms with Crippen LogP contribution in [0.1, 0.15) is 153 Å². The van der Waals surface area contributed by atoms with Crippen molar-refractivity contribution in [3.8, 4) is 5.75 Å². The lowest BCUT2D eigenvalue weighted by atomic mass is 9.69. The minimum absolute atomic E-state index is 0.0431. The van der Waals surface area contributed by atoms with Crippen molar-refractivity contribution in [2.24, 2.45) is 23.7 Å². The number of esters is 1. The highest BCUT2D eigenvalue weighted by molar-refractivity contribution is 5.75. The zero-order chi connectivity index (χ0) is 24.6. The van der Waals surface area contributed by atoms with E-state index in [1.807, 2.05) is 0 Å². The summed E-state index contributed by atoms with van der Waals surface area (Å²) in [4.78, 5) is 13.3. The van der Waals surface area contributed by atoms with Crippen molar-refractivity contribution in [2.45, 2.75) is 142 Å². The molecule has 3 fully saturated rings. The maximum absolute atomic E-state index is 13.3. The molecule has 0 bridgehead atoms. The molecule has 2 nitrogen and oxygen atoms in total. The highest BCUT2D eigenvalue weighted by atomic mass is 16.5. The summed E-state index contributed by atoms with van der Waals surface area (Å²) < 4.78 is 6.22. The van der Waals surface area contributed by atoms with Gasteiger partial charge in [-0.15, -0.1) is 0 Å². The first-order valence-corrected chi connectivity index (χ1v) is 15.4. The summed E-state index contributed by atoms with van der Waals surface area (Å²) in [5.41, 5.74) is 2.73. The first kappa shape index (κ1) is 26.7. The molecule has 0 radical (unpaired) electrons. The Balaban J connectivity index is 1.35. The zero-order valence-electron chi connectivity index (χ0n) is 23.0. The van der Waals surface area contributed by atoms with Crippen LogP contribution < -0.4 is 4.74 Å². The van der Waals surface area contributed by atoms with Gasteiger partial charge >= 0.3 is 5.97 Å². The second-order valence-electron chi connectivity index (χ2n) is 12.4. The Bertz CT molecular complexity index is 776. The lowest BCUT2D eigenvalue weighted by Gasteiger charge is -2.37. The maximum atomic E-state index is 13.3. The van der Waals surface area contributed by atoms with Crippen molar-refractivity contribution in [1.82, 2.24) is 0 Å². The number of rotatable bonds is 9. The molecule has 0 aliphatic heterocycles. The molecule has 1 unspecified atom stereocenters. The number of benzene rings is 1. The summed E-state index contributed by atoms with van der Waals surface area (Å²) in [6.07, 6.45) is 21.9. The predicted octanol–water partition coefficient (Wildman–Crippen LogP) is 9.96. The van der Waals surface area contributed by atoms with E-state index in [4.69, 9.17) is 4.74 Å². The van der Waals surface area contributed by atoms with E-state index in [2.05, 4.69) is 39.0 Å². The van der Waals surface area contributed by atoms with Gasteiger partial charge in [0.2, 0.25) is 0 Å². The van der Waals surface area contributed by atoms with Crippen LogP contribution in [0.15, 0.2) is 18.2 Å². The fourth-order valence-corrected chi connectivity index (χ4v) is 7.67. The van der Waals surface area contributed by atoms with E-state index in [0.717, 1.165) is 36.3 Å². The van der Waals surface area contributed by atoms with Crippen LogP contribution in [0.2, 0.25) is 0 Å². The van der Waals surface area contributed by atoms with Gasteiger partial charge < -0.3 is 4.74 Å². The average Bonchev–Trinajstić information content (AvgIpc) is 2.90. The monoisotopic (exact) mass is 480 g/mol. The normalized spacial score (nSPS) is 29.0. The van der Waals surface area contributed by atoms with Crippen LogP contribution in [-0.2, 0) is 4.79 Å². The van der Waals surface area contributed by atoms with Gasteiger partial charge in [-0.3, -0.25) is 4.79 Å². The zero-order valence-corrected chi connectivity index (χ0v) is 23.0. The summed E-state index contributed by atoms with van der Waals surface area (Å²) in [5.74, 6) is 4.87. The molecule has 3 saturated carbocycles. The standard InChI is InChI=1S/C33H52O2/c1-4-9-24(3)30-21-22-32(31(23-30)28-11-7-6-8-12-28)35-33(34)29-19-17-27(18-20-29)26-15-13-25(10-5-2)14-16-26/h21-29H,4-20H2,1-3H3/t24?,25-,26-,27-,29-. The van der Waals surface area contributed by atoms with E-state index in [1.54, 1.807) is 0 Å². The second-order valence-corrected chi connectivity index (χ2v) is 12.4. The summed E-state index contributed by atoms with van der Waals surface area (Å²) in [6.45, 7) is 6.93. The van der Waals surface area contributed by atoms with Gasteiger partial charge in [-0.05, 0) is 105 Å². The molecule has 0 heterocycles. The van der Waals surface area contributed by atoms with Gasteiger partial charge in [0.1, 0.15) is 5.75 Å². The molecule has 3 aliphatic carbocycles. The van der Waals surface area contributed by atoms with Gasteiger partial charge in [-0.1, -0.05) is 84.3 Å². The van der Waals surface area contributed by atoms with Gasteiger partial charge in [-0.25, -0.2) is 0 Å². The maximum Gasteiger partial charge on any atom is 0.314 e. The fraction of sp³-hybridized carbons (Fsp3) is 0.788. The van der Waals surface area contributed by atoms with Crippen LogP contribution in [0.25, 0.3) is 0 Å². The number of hydrogen-bond acceptors (Lipinski definition) is 2. The molecule has 0 N–H and O–H groups in total. The van der Waals surface area contributed by atoms with Crippen LogP contribution in [0.5, 0.6) is 5.75 Å². The van der Waals surface area contributed by atoms with E-state index in [9.17, 15) is 4.79 Å². The Morgan fingerprint density at radius 3 is 2.14 bits per heavy atom.